The highest BCUT2D eigenvalue weighted by Gasteiger charge is 2.30. The number of nitrogens with zero attached hydrogens (tertiary/aromatic N) is 1. The maximum Gasteiger partial charge on any atom is 0.268 e. The Morgan fingerprint density at radius 2 is 1.76 bits per heavy atom. The molecule has 3 nitrogen and oxygen atoms in total. The first kappa shape index (κ1) is 13.8. The van der Waals surface area contributed by atoms with Gasteiger partial charge in [-0.3, -0.25) is 4.79 Å². The molecular formula is C17H15NO2S. The van der Waals surface area contributed by atoms with Crippen molar-refractivity contribution in [2.24, 2.45) is 0 Å². The number of thioether (sulfide) groups is 1. The van der Waals surface area contributed by atoms with Gasteiger partial charge in [0.25, 0.3) is 5.91 Å². The van der Waals surface area contributed by atoms with Gasteiger partial charge < -0.3 is 10.0 Å². The molecule has 4 heteroatoms. The van der Waals surface area contributed by atoms with Crippen LogP contribution in [0.3, 0.4) is 0 Å². The largest absolute Gasteiger partial charge is 0.511 e. The third-order valence-corrected chi connectivity index (χ3v) is 4.56. The molecule has 0 atom stereocenters. The average molecular weight is 297 g/mol. The lowest BCUT2D eigenvalue weighted by molar-refractivity contribution is -0.114. The van der Waals surface area contributed by atoms with Gasteiger partial charge in [0.2, 0.25) is 0 Å². The van der Waals surface area contributed by atoms with Crippen molar-refractivity contribution in [1.82, 2.24) is 0 Å². The molecule has 0 aliphatic carbocycles. The highest BCUT2D eigenvalue weighted by molar-refractivity contribution is 8.04. The Morgan fingerprint density at radius 1 is 1.10 bits per heavy atom. The summed E-state index contributed by atoms with van der Waals surface area (Å²) in [6.07, 6.45) is 0. The van der Waals surface area contributed by atoms with E-state index in [-0.39, 0.29) is 11.7 Å². The monoisotopic (exact) mass is 297 g/mol. The van der Waals surface area contributed by atoms with Crippen molar-refractivity contribution in [1.29, 1.82) is 0 Å². The highest BCUT2D eigenvalue weighted by Crippen LogP contribution is 2.42. The number of carbonyl (C=O) groups is 1. The Balaban J connectivity index is 2.04. The van der Waals surface area contributed by atoms with E-state index in [1.54, 1.807) is 11.8 Å². The quantitative estimate of drug-likeness (QED) is 0.669. The normalized spacial score (nSPS) is 16.6. The van der Waals surface area contributed by atoms with Crippen LogP contribution in [-0.4, -0.2) is 11.0 Å². The van der Waals surface area contributed by atoms with Crippen LogP contribution in [0.25, 0.3) is 0 Å². The molecule has 21 heavy (non-hydrogen) atoms. The lowest BCUT2D eigenvalue weighted by Gasteiger charge is -2.30. The molecule has 106 valence electrons. The van der Waals surface area contributed by atoms with Crippen molar-refractivity contribution >= 4 is 23.4 Å². The van der Waals surface area contributed by atoms with E-state index < -0.39 is 0 Å². The number of benzene rings is 2. The molecule has 1 amide bonds. The number of allylic oxidation sites excluding steroid dienone is 1. The van der Waals surface area contributed by atoms with Crippen molar-refractivity contribution in [3.63, 3.8) is 0 Å². The first-order chi connectivity index (χ1) is 10.2. The van der Waals surface area contributed by atoms with Crippen molar-refractivity contribution in [2.45, 2.75) is 18.4 Å². The zero-order chi connectivity index (χ0) is 14.8. The molecule has 0 radical (unpaired) electrons. The molecule has 0 fully saturated rings. The van der Waals surface area contributed by atoms with E-state index in [1.807, 2.05) is 54.6 Å². The van der Waals surface area contributed by atoms with Gasteiger partial charge in [0.1, 0.15) is 10.7 Å². The standard InChI is InChI=1S/C17H15NO2S/c1-12(19)16-17(20)18(11-13-7-3-2-4-8-13)14-9-5-6-10-15(14)21-16/h2-10,19H,11H2,1H3/b16-12+. The average Bonchev–Trinajstić information content (AvgIpc) is 2.50. The van der Waals surface area contributed by atoms with E-state index >= 15 is 0 Å². The van der Waals surface area contributed by atoms with Gasteiger partial charge in [-0.25, -0.2) is 0 Å². The number of hydrogen-bond acceptors (Lipinski definition) is 3. The fourth-order valence-electron chi connectivity index (χ4n) is 2.30. The second-order valence-electron chi connectivity index (χ2n) is 4.86. The molecule has 0 saturated carbocycles. The van der Waals surface area contributed by atoms with E-state index in [0.29, 0.717) is 11.4 Å². The molecule has 3 rings (SSSR count). The van der Waals surface area contributed by atoms with E-state index in [2.05, 4.69) is 0 Å². The van der Waals surface area contributed by atoms with E-state index in [9.17, 15) is 9.90 Å². The molecule has 1 aliphatic heterocycles. The van der Waals surface area contributed by atoms with Gasteiger partial charge in [-0.2, -0.15) is 0 Å². The lowest BCUT2D eigenvalue weighted by Crippen LogP contribution is -2.34. The number of aliphatic hydroxyl groups excluding tert-OH is 1. The van der Waals surface area contributed by atoms with Crippen LogP contribution >= 0.6 is 11.8 Å². The molecule has 1 aliphatic rings. The number of hydrogen-bond donors (Lipinski definition) is 1. The Hall–Kier alpha value is -2.20. The van der Waals surface area contributed by atoms with E-state index in [0.717, 1.165) is 16.1 Å². The maximum atomic E-state index is 12.6. The van der Waals surface area contributed by atoms with Gasteiger partial charge in [-0.05, 0) is 24.6 Å². The molecule has 0 saturated heterocycles. The third-order valence-electron chi connectivity index (χ3n) is 3.32. The zero-order valence-electron chi connectivity index (χ0n) is 11.6. The van der Waals surface area contributed by atoms with Crippen LogP contribution < -0.4 is 4.90 Å². The van der Waals surface area contributed by atoms with Gasteiger partial charge >= 0.3 is 0 Å². The van der Waals surface area contributed by atoms with Gasteiger partial charge in [-0.1, -0.05) is 54.2 Å². The Labute approximate surface area is 127 Å². The summed E-state index contributed by atoms with van der Waals surface area (Å²) in [7, 11) is 0. The van der Waals surface area contributed by atoms with Crippen molar-refractivity contribution in [2.75, 3.05) is 4.90 Å². The predicted octanol–water partition coefficient (Wildman–Crippen LogP) is 4.12. The van der Waals surface area contributed by atoms with Crippen LogP contribution in [0.4, 0.5) is 5.69 Å². The van der Waals surface area contributed by atoms with Gasteiger partial charge in [0.15, 0.2) is 0 Å². The fraction of sp³-hybridized carbons (Fsp3) is 0.118. The van der Waals surface area contributed by atoms with Gasteiger partial charge in [-0.15, -0.1) is 0 Å². The molecule has 1 heterocycles. The van der Waals surface area contributed by atoms with Crippen molar-refractivity contribution < 1.29 is 9.90 Å². The number of aliphatic hydroxyl groups is 1. The summed E-state index contributed by atoms with van der Waals surface area (Å²) in [6, 6.07) is 17.6. The Morgan fingerprint density at radius 3 is 2.48 bits per heavy atom. The van der Waals surface area contributed by atoms with Crippen LogP contribution in [0.5, 0.6) is 0 Å². The Bertz CT molecular complexity index is 706. The van der Waals surface area contributed by atoms with Crippen LogP contribution in [0.1, 0.15) is 12.5 Å². The lowest BCUT2D eigenvalue weighted by atomic mass is 10.2. The first-order valence-corrected chi connectivity index (χ1v) is 7.51. The highest BCUT2D eigenvalue weighted by atomic mass is 32.2. The van der Waals surface area contributed by atoms with Crippen LogP contribution in [0, 0.1) is 0 Å². The minimum Gasteiger partial charge on any atom is -0.511 e. The van der Waals surface area contributed by atoms with Crippen LogP contribution in [0.2, 0.25) is 0 Å². The third kappa shape index (κ3) is 2.67. The van der Waals surface area contributed by atoms with Crippen molar-refractivity contribution in [3.8, 4) is 0 Å². The van der Waals surface area contributed by atoms with Gasteiger partial charge in [0, 0.05) is 4.90 Å². The number of anilines is 1. The van der Waals surface area contributed by atoms with Crippen LogP contribution in [-0.2, 0) is 11.3 Å². The minimum atomic E-state index is -0.150. The molecule has 1 N–H and O–H groups in total. The summed E-state index contributed by atoms with van der Waals surface area (Å²) in [5.74, 6) is -0.0832. The number of rotatable bonds is 2. The summed E-state index contributed by atoms with van der Waals surface area (Å²) in [4.78, 5) is 15.7. The minimum absolute atomic E-state index is 0.0672. The summed E-state index contributed by atoms with van der Waals surface area (Å²) in [5.41, 5.74) is 1.95. The Kier molecular flexibility index (Phi) is 3.71. The second kappa shape index (κ2) is 5.66. The predicted molar refractivity (Wildman–Crippen MR) is 85.3 cm³/mol. The smallest absolute Gasteiger partial charge is 0.268 e. The van der Waals surface area contributed by atoms with Crippen molar-refractivity contribution in [3.05, 3.63) is 70.8 Å². The van der Waals surface area contributed by atoms with Crippen LogP contribution in [0.15, 0.2) is 70.2 Å². The van der Waals surface area contributed by atoms with E-state index in [1.165, 1.54) is 11.8 Å². The molecule has 0 unspecified atom stereocenters. The SMILES string of the molecule is C/C(O)=C1\Sc2ccccc2N(Cc2ccccc2)C1=O. The van der Waals surface area contributed by atoms with Gasteiger partial charge in [0.05, 0.1) is 12.2 Å². The first-order valence-electron chi connectivity index (χ1n) is 6.69. The second-order valence-corrected chi connectivity index (χ2v) is 5.91. The summed E-state index contributed by atoms with van der Waals surface area (Å²) < 4.78 is 0. The zero-order valence-corrected chi connectivity index (χ0v) is 12.4. The maximum absolute atomic E-state index is 12.6. The number of carbonyl (C=O) groups excluding carboxylic acids is 1. The molecule has 2 aromatic carbocycles. The molecule has 2 aromatic rings. The fourth-order valence-corrected chi connectivity index (χ4v) is 3.30. The molecule has 0 spiro atoms. The summed E-state index contributed by atoms with van der Waals surface area (Å²) >= 11 is 1.33. The van der Waals surface area contributed by atoms with E-state index in [4.69, 9.17) is 0 Å². The summed E-state index contributed by atoms with van der Waals surface area (Å²) in [5, 5.41) is 9.77. The number of fused-ring (bicyclic) bond motifs is 1. The topological polar surface area (TPSA) is 40.5 Å². The molecule has 0 aromatic heterocycles. The number of para-hydroxylation sites is 1. The number of amides is 1. The molecule has 0 bridgehead atoms. The molecular weight excluding hydrogens is 282 g/mol. The summed E-state index contributed by atoms with van der Waals surface area (Å²) in [6.45, 7) is 2.04.